The molecule has 1 unspecified atom stereocenters. The summed E-state index contributed by atoms with van der Waals surface area (Å²) >= 11 is 1.71. The highest BCUT2D eigenvalue weighted by molar-refractivity contribution is 7.09. The molecule has 2 heterocycles. The zero-order valence-electron chi connectivity index (χ0n) is 11.1. The standard InChI is InChI=1S/C14H19N3S/c1-4-12-6-5-7-15-13(12)8-16-10(2)14-11(3)17-9-18-14/h5-7,9-10,16H,4,8H2,1-3H3. The molecule has 0 saturated carbocycles. The Balaban J connectivity index is 2.01. The summed E-state index contributed by atoms with van der Waals surface area (Å²) < 4.78 is 0. The summed E-state index contributed by atoms with van der Waals surface area (Å²) in [6.45, 7) is 7.21. The Morgan fingerprint density at radius 3 is 2.89 bits per heavy atom. The molecule has 2 aromatic rings. The molecule has 2 aromatic heterocycles. The van der Waals surface area contributed by atoms with Crippen molar-refractivity contribution in [2.24, 2.45) is 0 Å². The summed E-state index contributed by atoms with van der Waals surface area (Å²) in [6, 6.07) is 4.47. The Hall–Kier alpha value is -1.26. The molecule has 0 aromatic carbocycles. The summed E-state index contributed by atoms with van der Waals surface area (Å²) in [6.07, 6.45) is 2.89. The lowest BCUT2D eigenvalue weighted by Gasteiger charge is -2.14. The van der Waals surface area contributed by atoms with E-state index in [2.05, 4.69) is 42.1 Å². The monoisotopic (exact) mass is 261 g/mol. The van der Waals surface area contributed by atoms with Gasteiger partial charge in [-0.2, -0.15) is 0 Å². The maximum atomic E-state index is 4.45. The third kappa shape index (κ3) is 2.94. The van der Waals surface area contributed by atoms with Crippen molar-refractivity contribution < 1.29 is 0 Å². The number of thiazole rings is 1. The van der Waals surface area contributed by atoms with Crippen LogP contribution < -0.4 is 5.32 Å². The van der Waals surface area contributed by atoms with E-state index >= 15 is 0 Å². The van der Waals surface area contributed by atoms with Gasteiger partial charge in [-0.15, -0.1) is 11.3 Å². The Bertz CT molecular complexity index is 507. The normalized spacial score (nSPS) is 12.6. The van der Waals surface area contributed by atoms with Crippen LogP contribution >= 0.6 is 11.3 Å². The predicted octanol–water partition coefficient (Wildman–Crippen LogP) is 3.26. The summed E-state index contributed by atoms with van der Waals surface area (Å²) in [5.41, 5.74) is 5.49. The van der Waals surface area contributed by atoms with Crippen molar-refractivity contribution in [3.8, 4) is 0 Å². The van der Waals surface area contributed by atoms with Crippen LogP contribution in [0.2, 0.25) is 0 Å². The molecule has 3 nitrogen and oxygen atoms in total. The molecule has 0 aliphatic heterocycles. The highest BCUT2D eigenvalue weighted by Gasteiger charge is 2.11. The van der Waals surface area contributed by atoms with E-state index in [1.54, 1.807) is 11.3 Å². The van der Waals surface area contributed by atoms with Crippen LogP contribution in [0.25, 0.3) is 0 Å². The van der Waals surface area contributed by atoms with Gasteiger partial charge in [0, 0.05) is 23.7 Å². The van der Waals surface area contributed by atoms with Gasteiger partial charge in [0.25, 0.3) is 0 Å². The summed E-state index contributed by atoms with van der Waals surface area (Å²) in [5.74, 6) is 0. The van der Waals surface area contributed by atoms with Crippen molar-refractivity contribution in [2.45, 2.75) is 39.8 Å². The van der Waals surface area contributed by atoms with Crippen molar-refractivity contribution >= 4 is 11.3 Å². The van der Waals surface area contributed by atoms with Crippen molar-refractivity contribution in [1.82, 2.24) is 15.3 Å². The van der Waals surface area contributed by atoms with Gasteiger partial charge in [0.05, 0.1) is 16.9 Å². The van der Waals surface area contributed by atoms with E-state index in [4.69, 9.17) is 0 Å². The minimum atomic E-state index is 0.323. The fraction of sp³-hybridized carbons (Fsp3) is 0.429. The lowest BCUT2D eigenvalue weighted by molar-refractivity contribution is 0.569. The Morgan fingerprint density at radius 2 is 2.22 bits per heavy atom. The largest absolute Gasteiger partial charge is 0.304 e. The molecule has 18 heavy (non-hydrogen) atoms. The smallest absolute Gasteiger partial charge is 0.0798 e. The van der Waals surface area contributed by atoms with Gasteiger partial charge >= 0.3 is 0 Å². The van der Waals surface area contributed by atoms with E-state index in [0.717, 1.165) is 24.4 Å². The molecule has 0 radical (unpaired) electrons. The minimum absolute atomic E-state index is 0.323. The van der Waals surface area contributed by atoms with E-state index < -0.39 is 0 Å². The number of rotatable bonds is 5. The minimum Gasteiger partial charge on any atom is -0.304 e. The second-order valence-corrected chi connectivity index (χ2v) is 5.25. The average Bonchev–Trinajstić information content (AvgIpc) is 2.82. The van der Waals surface area contributed by atoms with Crippen LogP contribution in [0.4, 0.5) is 0 Å². The van der Waals surface area contributed by atoms with Crippen LogP contribution in [0.3, 0.4) is 0 Å². The van der Waals surface area contributed by atoms with E-state index in [1.807, 2.05) is 17.8 Å². The molecule has 0 amide bonds. The molecule has 0 aliphatic carbocycles. The topological polar surface area (TPSA) is 37.8 Å². The second kappa shape index (κ2) is 6.07. The number of aryl methyl sites for hydroxylation is 2. The van der Waals surface area contributed by atoms with Crippen molar-refractivity contribution in [3.05, 3.63) is 45.7 Å². The molecule has 1 atom stereocenters. The van der Waals surface area contributed by atoms with Crippen LogP contribution in [0.5, 0.6) is 0 Å². The van der Waals surface area contributed by atoms with Gasteiger partial charge in [-0.25, -0.2) is 4.98 Å². The molecule has 2 rings (SSSR count). The summed E-state index contributed by atoms with van der Waals surface area (Å²) in [5, 5.41) is 3.52. The first-order valence-electron chi connectivity index (χ1n) is 6.28. The van der Waals surface area contributed by atoms with Gasteiger partial charge in [0.15, 0.2) is 0 Å². The van der Waals surface area contributed by atoms with E-state index in [9.17, 15) is 0 Å². The Kier molecular flexibility index (Phi) is 4.44. The first kappa shape index (κ1) is 13.2. The van der Waals surface area contributed by atoms with Gasteiger partial charge in [0.2, 0.25) is 0 Å². The zero-order chi connectivity index (χ0) is 13.0. The number of nitrogens with zero attached hydrogens (tertiary/aromatic N) is 2. The molecular formula is C14H19N3S. The average molecular weight is 261 g/mol. The fourth-order valence-electron chi connectivity index (χ4n) is 2.02. The van der Waals surface area contributed by atoms with Gasteiger partial charge < -0.3 is 5.32 Å². The first-order chi connectivity index (χ1) is 8.72. The number of pyridine rings is 1. The highest BCUT2D eigenvalue weighted by atomic mass is 32.1. The third-order valence-electron chi connectivity index (χ3n) is 3.12. The summed E-state index contributed by atoms with van der Waals surface area (Å²) in [4.78, 5) is 10.0. The van der Waals surface area contributed by atoms with Crippen LogP contribution in [-0.4, -0.2) is 9.97 Å². The number of hydrogen-bond acceptors (Lipinski definition) is 4. The Labute approximate surface area is 112 Å². The Morgan fingerprint density at radius 1 is 1.39 bits per heavy atom. The van der Waals surface area contributed by atoms with Crippen LogP contribution in [-0.2, 0) is 13.0 Å². The van der Waals surface area contributed by atoms with Gasteiger partial charge in [0.1, 0.15) is 0 Å². The predicted molar refractivity (Wildman–Crippen MR) is 75.7 cm³/mol. The quantitative estimate of drug-likeness (QED) is 0.897. The lowest BCUT2D eigenvalue weighted by Crippen LogP contribution is -2.19. The molecule has 4 heteroatoms. The maximum absolute atomic E-state index is 4.45. The van der Waals surface area contributed by atoms with Crippen LogP contribution in [0, 0.1) is 6.92 Å². The molecule has 0 saturated heterocycles. The molecule has 0 aliphatic rings. The van der Waals surface area contributed by atoms with Crippen molar-refractivity contribution in [2.75, 3.05) is 0 Å². The molecule has 1 N–H and O–H groups in total. The number of hydrogen-bond donors (Lipinski definition) is 1. The summed E-state index contributed by atoms with van der Waals surface area (Å²) in [7, 11) is 0. The van der Waals surface area contributed by atoms with E-state index in [1.165, 1.54) is 10.4 Å². The number of nitrogens with one attached hydrogen (secondary N) is 1. The van der Waals surface area contributed by atoms with Gasteiger partial charge in [-0.1, -0.05) is 13.0 Å². The second-order valence-electron chi connectivity index (χ2n) is 4.37. The highest BCUT2D eigenvalue weighted by Crippen LogP contribution is 2.21. The molecular weight excluding hydrogens is 242 g/mol. The van der Waals surface area contributed by atoms with Crippen molar-refractivity contribution in [3.63, 3.8) is 0 Å². The van der Waals surface area contributed by atoms with E-state index in [-0.39, 0.29) is 0 Å². The van der Waals surface area contributed by atoms with Crippen LogP contribution in [0.1, 0.15) is 41.7 Å². The first-order valence-corrected chi connectivity index (χ1v) is 7.16. The zero-order valence-corrected chi connectivity index (χ0v) is 11.9. The van der Waals surface area contributed by atoms with Crippen molar-refractivity contribution in [1.29, 1.82) is 0 Å². The third-order valence-corrected chi connectivity index (χ3v) is 4.23. The number of aromatic nitrogens is 2. The lowest BCUT2D eigenvalue weighted by atomic mass is 10.1. The maximum Gasteiger partial charge on any atom is 0.0798 e. The SMILES string of the molecule is CCc1cccnc1CNC(C)c1scnc1C. The fourth-order valence-corrected chi connectivity index (χ4v) is 2.86. The molecule has 0 spiro atoms. The van der Waals surface area contributed by atoms with Gasteiger partial charge in [-0.3, -0.25) is 4.98 Å². The van der Waals surface area contributed by atoms with E-state index in [0.29, 0.717) is 6.04 Å². The van der Waals surface area contributed by atoms with Crippen LogP contribution in [0.15, 0.2) is 23.8 Å². The molecule has 0 bridgehead atoms. The molecule has 96 valence electrons. The molecule has 0 fully saturated rings. The van der Waals surface area contributed by atoms with Gasteiger partial charge in [-0.05, 0) is 31.9 Å².